The van der Waals surface area contributed by atoms with Crippen LogP contribution < -0.4 is 0 Å². The fourth-order valence-corrected chi connectivity index (χ4v) is 5.23. The molecule has 2 heteroatoms. The highest BCUT2D eigenvalue weighted by Crippen LogP contribution is 2.35. The molecule has 0 aliphatic heterocycles. The number of rotatable bonds is 9. The zero-order valence-electron chi connectivity index (χ0n) is 18.0. The Hall–Kier alpha value is -2.94. The minimum Gasteiger partial charge on any atom is -0.0988 e. The SMILES string of the molecule is C=CC(=C)CC(c1ccc(Sc2ccccc2)cc1)c1ccc(Sc2ccccc2)cc1. The summed E-state index contributed by atoms with van der Waals surface area (Å²) in [5.74, 6) is 0.257. The zero-order chi connectivity index (χ0) is 22.2. The molecule has 0 radical (unpaired) electrons. The molecule has 158 valence electrons. The Morgan fingerprint density at radius 1 is 0.594 bits per heavy atom. The normalized spacial score (nSPS) is 10.8. The van der Waals surface area contributed by atoms with E-state index in [4.69, 9.17) is 0 Å². The first-order chi connectivity index (χ1) is 15.7. The highest BCUT2D eigenvalue weighted by atomic mass is 32.2. The molecule has 4 aromatic carbocycles. The zero-order valence-corrected chi connectivity index (χ0v) is 19.6. The average molecular weight is 451 g/mol. The number of benzene rings is 4. The fraction of sp³-hybridized carbons (Fsp3) is 0.0667. The highest BCUT2D eigenvalue weighted by Gasteiger charge is 2.15. The molecule has 0 aliphatic rings. The summed E-state index contributed by atoms with van der Waals surface area (Å²) < 4.78 is 0. The van der Waals surface area contributed by atoms with E-state index in [1.165, 1.54) is 30.7 Å². The summed E-state index contributed by atoms with van der Waals surface area (Å²) in [6, 6.07) is 38.8. The maximum atomic E-state index is 4.18. The van der Waals surface area contributed by atoms with E-state index >= 15 is 0 Å². The van der Waals surface area contributed by atoms with Crippen LogP contribution in [0.2, 0.25) is 0 Å². The lowest BCUT2D eigenvalue weighted by atomic mass is 9.86. The molecule has 0 heterocycles. The average Bonchev–Trinajstić information content (AvgIpc) is 2.85. The minimum absolute atomic E-state index is 0.257. The Labute approximate surface area is 200 Å². The molecule has 0 spiro atoms. The molecule has 0 unspecified atom stereocenters. The molecule has 4 rings (SSSR count). The van der Waals surface area contributed by atoms with E-state index in [-0.39, 0.29) is 5.92 Å². The van der Waals surface area contributed by atoms with Crippen molar-refractivity contribution in [3.8, 4) is 0 Å². The van der Waals surface area contributed by atoms with Gasteiger partial charge in [0.05, 0.1) is 0 Å². The van der Waals surface area contributed by atoms with Gasteiger partial charge in [-0.1, -0.05) is 109 Å². The third-order valence-electron chi connectivity index (χ3n) is 5.28. The molecular weight excluding hydrogens is 424 g/mol. The maximum Gasteiger partial charge on any atom is 0.0129 e. The van der Waals surface area contributed by atoms with Crippen LogP contribution in [0.25, 0.3) is 0 Å². The Kier molecular flexibility index (Phi) is 7.71. The first kappa shape index (κ1) is 22.3. The Bertz CT molecular complexity index is 1060. The van der Waals surface area contributed by atoms with Gasteiger partial charge in [0.25, 0.3) is 0 Å². The van der Waals surface area contributed by atoms with Gasteiger partial charge in [0, 0.05) is 25.5 Å². The van der Waals surface area contributed by atoms with Crippen LogP contribution in [0.4, 0.5) is 0 Å². The Morgan fingerprint density at radius 3 is 1.34 bits per heavy atom. The van der Waals surface area contributed by atoms with Gasteiger partial charge >= 0.3 is 0 Å². The molecule has 0 nitrogen and oxygen atoms in total. The Morgan fingerprint density at radius 2 is 0.969 bits per heavy atom. The summed E-state index contributed by atoms with van der Waals surface area (Å²) >= 11 is 3.58. The lowest BCUT2D eigenvalue weighted by molar-refractivity contribution is 0.808. The fourth-order valence-electron chi connectivity index (χ4n) is 3.56. The van der Waals surface area contributed by atoms with Gasteiger partial charge in [0.2, 0.25) is 0 Å². The third kappa shape index (κ3) is 6.06. The number of hydrogen-bond donors (Lipinski definition) is 0. The van der Waals surface area contributed by atoms with Crippen LogP contribution in [0.1, 0.15) is 23.5 Å². The van der Waals surface area contributed by atoms with Crippen molar-refractivity contribution < 1.29 is 0 Å². The minimum atomic E-state index is 0.257. The van der Waals surface area contributed by atoms with Crippen molar-refractivity contribution >= 4 is 23.5 Å². The summed E-state index contributed by atoms with van der Waals surface area (Å²) in [4.78, 5) is 5.00. The molecule has 0 saturated heterocycles. The van der Waals surface area contributed by atoms with Crippen LogP contribution in [0.15, 0.2) is 154 Å². The van der Waals surface area contributed by atoms with Crippen molar-refractivity contribution in [1.29, 1.82) is 0 Å². The van der Waals surface area contributed by atoms with Crippen LogP contribution in [0.5, 0.6) is 0 Å². The van der Waals surface area contributed by atoms with Crippen molar-refractivity contribution in [1.82, 2.24) is 0 Å². The van der Waals surface area contributed by atoms with E-state index in [9.17, 15) is 0 Å². The summed E-state index contributed by atoms with van der Waals surface area (Å²) in [5, 5.41) is 0. The van der Waals surface area contributed by atoms with Crippen LogP contribution in [0, 0.1) is 0 Å². The smallest absolute Gasteiger partial charge is 0.0129 e. The first-order valence-electron chi connectivity index (χ1n) is 10.7. The van der Waals surface area contributed by atoms with Crippen molar-refractivity contribution in [3.05, 3.63) is 145 Å². The van der Waals surface area contributed by atoms with E-state index < -0.39 is 0 Å². The molecule has 32 heavy (non-hydrogen) atoms. The van der Waals surface area contributed by atoms with Gasteiger partial charge in [-0.15, -0.1) is 0 Å². The number of allylic oxidation sites excluding steroid dienone is 2. The van der Waals surface area contributed by atoms with Crippen molar-refractivity contribution in [2.75, 3.05) is 0 Å². The molecule has 0 aliphatic carbocycles. The highest BCUT2D eigenvalue weighted by molar-refractivity contribution is 7.99. The monoisotopic (exact) mass is 450 g/mol. The molecule has 4 aromatic rings. The van der Waals surface area contributed by atoms with Crippen LogP contribution in [-0.2, 0) is 0 Å². The topological polar surface area (TPSA) is 0 Å². The molecule has 0 aromatic heterocycles. The van der Waals surface area contributed by atoms with E-state index in [2.05, 4.69) is 110 Å². The van der Waals surface area contributed by atoms with E-state index in [0.717, 1.165) is 12.0 Å². The van der Waals surface area contributed by atoms with Gasteiger partial charge in [-0.2, -0.15) is 0 Å². The summed E-state index contributed by atoms with van der Waals surface area (Å²) in [6.07, 6.45) is 2.73. The van der Waals surface area contributed by atoms with Gasteiger partial charge in [0.1, 0.15) is 0 Å². The van der Waals surface area contributed by atoms with E-state index in [1.807, 2.05) is 18.2 Å². The molecular formula is C30H26S2. The standard InChI is InChI=1S/C30H26S2/c1-3-23(2)22-30(24-14-18-28(19-15-24)31-26-10-6-4-7-11-26)25-16-20-29(21-17-25)32-27-12-8-5-9-13-27/h3-21,30H,1-2,22H2. The predicted molar refractivity (Wildman–Crippen MR) is 140 cm³/mol. The second-order valence-electron chi connectivity index (χ2n) is 7.59. The van der Waals surface area contributed by atoms with Gasteiger partial charge in [0.15, 0.2) is 0 Å². The lowest BCUT2D eigenvalue weighted by Gasteiger charge is -2.19. The second-order valence-corrected chi connectivity index (χ2v) is 9.88. The number of hydrogen-bond acceptors (Lipinski definition) is 2. The molecule has 0 atom stereocenters. The van der Waals surface area contributed by atoms with Crippen LogP contribution in [0.3, 0.4) is 0 Å². The van der Waals surface area contributed by atoms with Crippen molar-refractivity contribution in [2.45, 2.75) is 31.9 Å². The summed E-state index contributed by atoms with van der Waals surface area (Å²) in [7, 11) is 0. The maximum absolute atomic E-state index is 4.18. The van der Waals surface area contributed by atoms with E-state index in [1.54, 1.807) is 23.5 Å². The molecule has 0 fully saturated rings. The first-order valence-corrected chi connectivity index (χ1v) is 12.3. The molecule has 0 bridgehead atoms. The summed E-state index contributed by atoms with van der Waals surface area (Å²) in [5.41, 5.74) is 3.66. The van der Waals surface area contributed by atoms with Gasteiger partial charge < -0.3 is 0 Å². The van der Waals surface area contributed by atoms with E-state index in [0.29, 0.717) is 0 Å². The van der Waals surface area contributed by atoms with Crippen molar-refractivity contribution in [2.24, 2.45) is 0 Å². The van der Waals surface area contributed by atoms with Crippen molar-refractivity contribution in [3.63, 3.8) is 0 Å². The van der Waals surface area contributed by atoms with Crippen LogP contribution >= 0.6 is 23.5 Å². The quantitative estimate of drug-likeness (QED) is 0.233. The molecule has 0 saturated carbocycles. The van der Waals surface area contributed by atoms with Gasteiger partial charge in [-0.3, -0.25) is 0 Å². The summed E-state index contributed by atoms with van der Waals surface area (Å²) in [6.45, 7) is 8.10. The Balaban J connectivity index is 1.54. The largest absolute Gasteiger partial charge is 0.0988 e. The lowest BCUT2D eigenvalue weighted by Crippen LogP contribution is -2.02. The predicted octanol–water partition coefficient (Wildman–Crippen LogP) is 9.25. The molecule has 0 amide bonds. The molecule has 0 N–H and O–H groups in total. The van der Waals surface area contributed by atoms with Gasteiger partial charge in [-0.25, -0.2) is 0 Å². The second kappa shape index (κ2) is 11.1. The van der Waals surface area contributed by atoms with Crippen LogP contribution in [-0.4, -0.2) is 0 Å². The van der Waals surface area contributed by atoms with Gasteiger partial charge in [-0.05, 0) is 66.1 Å². The third-order valence-corrected chi connectivity index (χ3v) is 7.31.